The Morgan fingerprint density at radius 3 is 1.24 bits per heavy atom. The zero-order valence-corrected chi connectivity index (χ0v) is 17.3. The van der Waals surface area contributed by atoms with Gasteiger partial charge in [0.1, 0.15) is 0 Å². The lowest BCUT2D eigenvalue weighted by atomic mass is 10.1. The SMILES string of the molecule is O=C(N/N=C/c1ccc([N+](=O)[O-])cc1)c1ccc(C(=O)N/N=C/c2ccc([N+](=O)[O-])cc2)cc1. The van der Waals surface area contributed by atoms with Gasteiger partial charge in [0.25, 0.3) is 23.2 Å². The number of benzene rings is 3. The van der Waals surface area contributed by atoms with E-state index in [-0.39, 0.29) is 22.5 Å². The molecule has 0 aromatic heterocycles. The molecule has 3 aromatic rings. The number of nitro benzene ring substituents is 2. The molecule has 0 bridgehead atoms. The van der Waals surface area contributed by atoms with Crippen molar-refractivity contribution in [1.82, 2.24) is 10.9 Å². The largest absolute Gasteiger partial charge is 0.271 e. The summed E-state index contributed by atoms with van der Waals surface area (Å²) in [5.41, 5.74) is 6.18. The normalized spacial score (nSPS) is 10.8. The first kappa shape index (κ1) is 23.4. The molecule has 3 rings (SSSR count). The topological polar surface area (TPSA) is 169 Å². The van der Waals surface area contributed by atoms with E-state index in [9.17, 15) is 29.8 Å². The number of hydrogen-bond donors (Lipinski definition) is 2. The van der Waals surface area contributed by atoms with Crippen molar-refractivity contribution in [3.05, 3.63) is 115 Å². The number of carbonyl (C=O) groups is 2. The number of non-ortho nitro benzene ring substituents is 2. The van der Waals surface area contributed by atoms with Crippen molar-refractivity contribution in [2.75, 3.05) is 0 Å². The van der Waals surface area contributed by atoms with Crippen LogP contribution in [0, 0.1) is 20.2 Å². The highest BCUT2D eigenvalue weighted by atomic mass is 16.6. The minimum Gasteiger partial charge on any atom is -0.267 e. The third kappa shape index (κ3) is 6.37. The molecule has 0 radical (unpaired) electrons. The summed E-state index contributed by atoms with van der Waals surface area (Å²) in [5, 5.41) is 28.9. The van der Waals surface area contributed by atoms with Gasteiger partial charge in [0.05, 0.1) is 22.3 Å². The molecule has 0 aliphatic heterocycles. The minimum absolute atomic E-state index is 0.0534. The van der Waals surface area contributed by atoms with E-state index in [0.717, 1.165) is 0 Å². The Labute approximate surface area is 191 Å². The zero-order valence-electron chi connectivity index (χ0n) is 17.3. The summed E-state index contributed by atoms with van der Waals surface area (Å²) in [5.74, 6) is -1.03. The Balaban J connectivity index is 1.52. The summed E-state index contributed by atoms with van der Waals surface area (Å²) in [6, 6.07) is 17.0. The monoisotopic (exact) mass is 460 g/mol. The van der Waals surface area contributed by atoms with Crippen LogP contribution < -0.4 is 10.9 Å². The Bertz CT molecular complexity index is 1170. The van der Waals surface area contributed by atoms with Crippen LogP contribution >= 0.6 is 0 Å². The van der Waals surface area contributed by atoms with E-state index in [4.69, 9.17) is 0 Å². The summed E-state index contributed by atoms with van der Waals surface area (Å²) < 4.78 is 0. The third-order valence-corrected chi connectivity index (χ3v) is 4.38. The van der Waals surface area contributed by atoms with Gasteiger partial charge in [-0.2, -0.15) is 10.2 Å². The van der Waals surface area contributed by atoms with Gasteiger partial charge in [0, 0.05) is 35.4 Å². The fourth-order valence-electron chi connectivity index (χ4n) is 2.60. The summed E-state index contributed by atoms with van der Waals surface area (Å²) in [4.78, 5) is 44.6. The van der Waals surface area contributed by atoms with E-state index < -0.39 is 21.7 Å². The lowest BCUT2D eigenvalue weighted by Crippen LogP contribution is -2.19. The van der Waals surface area contributed by atoms with E-state index >= 15 is 0 Å². The molecule has 34 heavy (non-hydrogen) atoms. The number of amides is 2. The second kappa shape index (κ2) is 10.9. The first-order chi connectivity index (χ1) is 16.3. The van der Waals surface area contributed by atoms with Gasteiger partial charge in [-0.25, -0.2) is 10.9 Å². The van der Waals surface area contributed by atoms with E-state index in [1.54, 1.807) is 0 Å². The van der Waals surface area contributed by atoms with E-state index in [1.165, 1.54) is 85.2 Å². The van der Waals surface area contributed by atoms with Gasteiger partial charge in [-0.15, -0.1) is 0 Å². The molecule has 0 heterocycles. The van der Waals surface area contributed by atoms with Crippen LogP contribution in [-0.4, -0.2) is 34.1 Å². The molecule has 0 aliphatic rings. The summed E-state index contributed by atoms with van der Waals surface area (Å²) in [6.45, 7) is 0. The van der Waals surface area contributed by atoms with Crippen molar-refractivity contribution >= 4 is 35.6 Å². The predicted octanol–water partition coefficient (Wildman–Crippen LogP) is 3.03. The van der Waals surface area contributed by atoms with Gasteiger partial charge in [-0.3, -0.25) is 29.8 Å². The van der Waals surface area contributed by atoms with Gasteiger partial charge in [-0.1, -0.05) is 0 Å². The van der Waals surface area contributed by atoms with Gasteiger partial charge in [0.15, 0.2) is 0 Å². The number of hydrazone groups is 2. The summed E-state index contributed by atoms with van der Waals surface area (Å²) in [6.07, 6.45) is 2.68. The minimum atomic E-state index is -0.516. The maximum absolute atomic E-state index is 12.2. The quantitative estimate of drug-likeness (QED) is 0.297. The summed E-state index contributed by atoms with van der Waals surface area (Å²) >= 11 is 0. The Kier molecular flexibility index (Phi) is 7.47. The summed E-state index contributed by atoms with van der Waals surface area (Å²) in [7, 11) is 0. The lowest BCUT2D eigenvalue weighted by molar-refractivity contribution is -0.385. The molecular formula is C22H16N6O6. The average Bonchev–Trinajstić information content (AvgIpc) is 2.84. The second-order valence-corrected chi connectivity index (χ2v) is 6.67. The van der Waals surface area contributed by atoms with Crippen molar-refractivity contribution in [2.45, 2.75) is 0 Å². The Morgan fingerprint density at radius 2 is 0.941 bits per heavy atom. The number of nitro groups is 2. The molecule has 0 unspecified atom stereocenters. The average molecular weight is 460 g/mol. The molecule has 2 amide bonds. The number of rotatable bonds is 8. The van der Waals surface area contributed by atoms with Gasteiger partial charge in [-0.05, 0) is 59.7 Å². The maximum Gasteiger partial charge on any atom is 0.271 e. The smallest absolute Gasteiger partial charge is 0.267 e. The van der Waals surface area contributed by atoms with Crippen LogP contribution in [-0.2, 0) is 0 Å². The van der Waals surface area contributed by atoms with E-state index in [1.807, 2.05) is 0 Å². The van der Waals surface area contributed by atoms with Gasteiger partial charge in [0.2, 0.25) is 0 Å². The predicted molar refractivity (Wildman–Crippen MR) is 123 cm³/mol. The number of nitrogens with zero attached hydrogens (tertiary/aromatic N) is 4. The lowest BCUT2D eigenvalue weighted by Gasteiger charge is -2.03. The van der Waals surface area contributed by atoms with E-state index in [2.05, 4.69) is 21.1 Å². The van der Waals surface area contributed by atoms with Gasteiger partial charge >= 0.3 is 0 Å². The van der Waals surface area contributed by atoms with Crippen LogP contribution in [0.3, 0.4) is 0 Å². The molecule has 0 spiro atoms. The van der Waals surface area contributed by atoms with Crippen LogP contribution in [0.25, 0.3) is 0 Å². The van der Waals surface area contributed by atoms with Crippen LogP contribution in [0.5, 0.6) is 0 Å². The number of carbonyl (C=O) groups excluding carboxylic acids is 2. The maximum atomic E-state index is 12.2. The molecule has 170 valence electrons. The van der Waals surface area contributed by atoms with Crippen molar-refractivity contribution < 1.29 is 19.4 Å². The molecule has 0 fully saturated rings. The molecule has 3 aromatic carbocycles. The first-order valence-electron chi connectivity index (χ1n) is 9.59. The molecule has 0 aliphatic carbocycles. The van der Waals surface area contributed by atoms with Crippen molar-refractivity contribution in [2.24, 2.45) is 10.2 Å². The molecule has 12 nitrogen and oxygen atoms in total. The second-order valence-electron chi connectivity index (χ2n) is 6.67. The van der Waals surface area contributed by atoms with Crippen molar-refractivity contribution in [3.8, 4) is 0 Å². The van der Waals surface area contributed by atoms with Crippen LogP contribution in [0.1, 0.15) is 31.8 Å². The Hall–Kier alpha value is -5.26. The molecule has 0 saturated carbocycles. The highest BCUT2D eigenvalue weighted by molar-refractivity contribution is 5.98. The standard InChI is InChI=1S/C22H16N6O6/c29-21(25-23-13-15-1-9-19(10-2-15)27(31)32)17-5-7-18(8-6-17)22(30)26-24-14-16-3-11-20(12-4-16)28(33)34/h1-14H,(H,25,29)(H,26,30)/b23-13+,24-14+. The first-order valence-corrected chi connectivity index (χ1v) is 9.59. The zero-order chi connectivity index (χ0) is 24.5. The highest BCUT2D eigenvalue weighted by Crippen LogP contribution is 2.11. The van der Waals surface area contributed by atoms with Crippen LogP contribution in [0.4, 0.5) is 11.4 Å². The van der Waals surface area contributed by atoms with Crippen molar-refractivity contribution in [3.63, 3.8) is 0 Å². The molecule has 2 N–H and O–H groups in total. The number of hydrogen-bond acceptors (Lipinski definition) is 8. The molecule has 0 atom stereocenters. The highest BCUT2D eigenvalue weighted by Gasteiger charge is 2.08. The Morgan fingerprint density at radius 1 is 0.618 bits per heavy atom. The third-order valence-electron chi connectivity index (χ3n) is 4.38. The molecule has 0 saturated heterocycles. The van der Waals surface area contributed by atoms with Crippen molar-refractivity contribution in [1.29, 1.82) is 0 Å². The number of nitrogens with one attached hydrogen (secondary N) is 2. The van der Waals surface area contributed by atoms with Crippen LogP contribution in [0.15, 0.2) is 83.0 Å². The molecule has 12 heteroatoms. The van der Waals surface area contributed by atoms with Gasteiger partial charge < -0.3 is 0 Å². The van der Waals surface area contributed by atoms with E-state index in [0.29, 0.717) is 11.1 Å². The fourth-order valence-corrected chi connectivity index (χ4v) is 2.60. The molecular weight excluding hydrogens is 444 g/mol. The van der Waals surface area contributed by atoms with Crippen LogP contribution in [0.2, 0.25) is 0 Å². The fraction of sp³-hybridized carbons (Fsp3) is 0.